The molecule has 4 N–H and O–H groups in total. The molecular weight excluding hydrogens is 232 g/mol. The van der Waals surface area contributed by atoms with E-state index >= 15 is 0 Å². The number of carbonyl (C=O) groups excluding carboxylic acids is 1. The van der Waals surface area contributed by atoms with Crippen LogP contribution < -0.4 is 20.5 Å². The van der Waals surface area contributed by atoms with Crippen molar-refractivity contribution in [3.8, 4) is 11.5 Å². The number of hydrogen-bond donors (Lipinski definition) is 2. The monoisotopic (exact) mass is 251 g/mol. The molecule has 0 spiro atoms. The van der Waals surface area contributed by atoms with Crippen molar-refractivity contribution in [2.75, 3.05) is 13.7 Å². The Morgan fingerprint density at radius 1 is 1.50 bits per heavy atom. The number of rotatable bonds is 7. The van der Waals surface area contributed by atoms with Crippen molar-refractivity contribution in [2.24, 2.45) is 5.73 Å². The lowest BCUT2D eigenvalue weighted by atomic mass is 10.2. The molecule has 98 valence electrons. The quantitative estimate of drug-likeness (QED) is 0.703. The highest BCUT2D eigenvalue weighted by Gasteiger charge is 2.25. The molecule has 1 aliphatic carbocycles. The lowest BCUT2D eigenvalue weighted by molar-refractivity contribution is -0.683. The SMILES string of the molecule is COc1cccc(C[NH2+]C2CC2)c1OCC(N)=O. The fraction of sp³-hybridized carbons (Fsp3) is 0.462. The summed E-state index contributed by atoms with van der Waals surface area (Å²) in [7, 11) is 1.58. The van der Waals surface area contributed by atoms with Gasteiger partial charge in [0.2, 0.25) is 0 Å². The Labute approximate surface area is 106 Å². The summed E-state index contributed by atoms with van der Waals surface area (Å²) >= 11 is 0. The van der Waals surface area contributed by atoms with Gasteiger partial charge in [-0.3, -0.25) is 4.79 Å². The molecule has 0 atom stereocenters. The first-order valence-corrected chi connectivity index (χ1v) is 6.11. The predicted molar refractivity (Wildman–Crippen MR) is 66.3 cm³/mol. The van der Waals surface area contributed by atoms with Crippen LogP contribution in [-0.4, -0.2) is 25.7 Å². The topological polar surface area (TPSA) is 78.2 Å². The van der Waals surface area contributed by atoms with Crippen LogP contribution in [-0.2, 0) is 11.3 Å². The first kappa shape index (κ1) is 12.7. The van der Waals surface area contributed by atoms with Gasteiger partial charge >= 0.3 is 0 Å². The molecule has 0 saturated heterocycles. The average molecular weight is 251 g/mol. The van der Waals surface area contributed by atoms with E-state index in [1.165, 1.54) is 12.8 Å². The fourth-order valence-corrected chi connectivity index (χ4v) is 1.82. The van der Waals surface area contributed by atoms with Gasteiger partial charge in [-0.25, -0.2) is 0 Å². The normalized spacial score (nSPS) is 14.3. The van der Waals surface area contributed by atoms with Crippen LogP contribution in [0, 0.1) is 0 Å². The highest BCUT2D eigenvalue weighted by atomic mass is 16.5. The van der Waals surface area contributed by atoms with Crippen LogP contribution in [0.3, 0.4) is 0 Å². The third-order valence-electron chi connectivity index (χ3n) is 2.93. The minimum Gasteiger partial charge on any atom is -0.493 e. The molecule has 1 aromatic rings. The molecule has 1 aliphatic rings. The maximum Gasteiger partial charge on any atom is 0.255 e. The van der Waals surface area contributed by atoms with Gasteiger partial charge in [0.1, 0.15) is 6.54 Å². The van der Waals surface area contributed by atoms with Crippen molar-refractivity contribution in [1.29, 1.82) is 0 Å². The van der Waals surface area contributed by atoms with Crippen molar-refractivity contribution < 1.29 is 19.6 Å². The molecule has 5 heteroatoms. The second-order valence-electron chi connectivity index (χ2n) is 4.48. The van der Waals surface area contributed by atoms with Crippen molar-refractivity contribution in [3.05, 3.63) is 23.8 Å². The number of quaternary nitrogens is 1. The van der Waals surface area contributed by atoms with Crippen LogP contribution in [0.1, 0.15) is 18.4 Å². The minimum atomic E-state index is -0.488. The van der Waals surface area contributed by atoms with Crippen LogP contribution in [0.2, 0.25) is 0 Å². The summed E-state index contributed by atoms with van der Waals surface area (Å²) in [5, 5.41) is 2.28. The zero-order chi connectivity index (χ0) is 13.0. The van der Waals surface area contributed by atoms with E-state index in [-0.39, 0.29) is 6.61 Å². The molecule has 0 heterocycles. The summed E-state index contributed by atoms with van der Waals surface area (Å²) in [6.45, 7) is 0.701. The van der Waals surface area contributed by atoms with E-state index in [1.54, 1.807) is 7.11 Å². The predicted octanol–water partition coefficient (Wildman–Crippen LogP) is -0.215. The molecule has 5 nitrogen and oxygen atoms in total. The number of carbonyl (C=O) groups is 1. The fourth-order valence-electron chi connectivity index (χ4n) is 1.82. The van der Waals surface area contributed by atoms with Crippen molar-refractivity contribution >= 4 is 5.91 Å². The molecule has 0 aliphatic heterocycles. The molecule has 1 fully saturated rings. The highest BCUT2D eigenvalue weighted by Crippen LogP contribution is 2.30. The molecule has 0 unspecified atom stereocenters. The highest BCUT2D eigenvalue weighted by molar-refractivity contribution is 5.75. The van der Waals surface area contributed by atoms with E-state index in [1.807, 2.05) is 18.2 Å². The third-order valence-corrected chi connectivity index (χ3v) is 2.93. The Balaban J connectivity index is 2.10. The molecule has 1 saturated carbocycles. The molecule has 0 radical (unpaired) electrons. The van der Waals surface area contributed by atoms with Gasteiger partial charge in [-0.05, 0) is 12.1 Å². The Bertz CT molecular complexity index is 430. The van der Waals surface area contributed by atoms with Gasteiger partial charge < -0.3 is 20.5 Å². The van der Waals surface area contributed by atoms with E-state index < -0.39 is 5.91 Å². The molecule has 2 rings (SSSR count). The van der Waals surface area contributed by atoms with Gasteiger partial charge in [-0.1, -0.05) is 6.07 Å². The van der Waals surface area contributed by atoms with Gasteiger partial charge in [-0.2, -0.15) is 0 Å². The second-order valence-corrected chi connectivity index (χ2v) is 4.48. The van der Waals surface area contributed by atoms with Crippen LogP contribution in [0.15, 0.2) is 18.2 Å². The van der Waals surface area contributed by atoms with E-state index in [9.17, 15) is 4.79 Å². The standard InChI is InChI=1S/C13H18N2O3/c1-17-11-4-2-3-9(7-15-10-5-6-10)13(11)18-8-12(14)16/h2-4,10,15H,5-8H2,1H3,(H2,14,16)/p+1. The zero-order valence-electron chi connectivity index (χ0n) is 10.5. The summed E-state index contributed by atoms with van der Waals surface area (Å²) in [4.78, 5) is 10.8. The molecule has 1 aromatic carbocycles. The smallest absolute Gasteiger partial charge is 0.255 e. The van der Waals surface area contributed by atoms with Crippen molar-refractivity contribution in [3.63, 3.8) is 0 Å². The molecule has 1 amide bonds. The van der Waals surface area contributed by atoms with Crippen LogP contribution in [0.4, 0.5) is 0 Å². The number of para-hydroxylation sites is 1. The lowest BCUT2D eigenvalue weighted by Gasteiger charge is -2.13. The Morgan fingerprint density at radius 2 is 2.28 bits per heavy atom. The van der Waals surface area contributed by atoms with Crippen LogP contribution in [0.25, 0.3) is 0 Å². The van der Waals surface area contributed by atoms with Crippen LogP contribution >= 0.6 is 0 Å². The lowest BCUT2D eigenvalue weighted by Crippen LogP contribution is -2.84. The van der Waals surface area contributed by atoms with E-state index in [4.69, 9.17) is 15.2 Å². The summed E-state index contributed by atoms with van der Waals surface area (Å²) < 4.78 is 10.7. The van der Waals surface area contributed by atoms with Gasteiger partial charge in [0.05, 0.1) is 18.7 Å². The summed E-state index contributed by atoms with van der Waals surface area (Å²) in [5.41, 5.74) is 6.13. The largest absolute Gasteiger partial charge is 0.493 e. The number of primary amides is 1. The summed E-state index contributed by atoms with van der Waals surface area (Å²) in [6.07, 6.45) is 2.56. The first-order chi connectivity index (χ1) is 8.70. The number of amides is 1. The number of hydrogen-bond acceptors (Lipinski definition) is 3. The summed E-state index contributed by atoms with van der Waals surface area (Å²) in [5.74, 6) is 0.770. The van der Waals surface area contributed by atoms with Gasteiger partial charge in [0.25, 0.3) is 5.91 Å². The van der Waals surface area contributed by atoms with Crippen molar-refractivity contribution in [1.82, 2.24) is 0 Å². The minimum absolute atomic E-state index is 0.128. The molecule has 0 bridgehead atoms. The van der Waals surface area contributed by atoms with Gasteiger partial charge in [0, 0.05) is 12.8 Å². The Morgan fingerprint density at radius 3 is 2.89 bits per heavy atom. The maximum atomic E-state index is 10.8. The van der Waals surface area contributed by atoms with E-state index in [0.717, 1.165) is 18.2 Å². The number of nitrogens with two attached hydrogens (primary N) is 2. The summed E-state index contributed by atoms with van der Waals surface area (Å²) in [6, 6.07) is 6.46. The second kappa shape index (κ2) is 5.73. The number of methoxy groups -OCH3 is 1. The Kier molecular flexibility index (Phi) is 4.04. The van der Waals surface area contributed by atoms with Crippen molar-refractivity contribution in [2.45, 2.75) is 25.4 Å². The third kappa shape index (κ3) is 3.37. The van der Waals surface area contributed by atoms with E-state index in [2.05, 4.69) is 5.32 Å². The van der Waals surface area contributed by atoms with Crippen LogP contribution in [0.5, 0.6) is 11.5 Å². The Hall–Kier alpha value is -1.75. The maximum absolute atomic E-state index is 10.8. The average Bonchev–Trinajstić information content (AvgIpc) is 3.17. The molecule has 18 heavy (non-hydrogen) atoms. The number of benzene rings is 1. The first-order valence-electron chi connectivity index (χ1n) is 6.11. The molecule has 0 aromatic heterocycles. The number of ether oxygens (including phenoxy) is 2. The van der Waals surface area contributed by atoms with Gasteiger partial charge in [-0.15, -0.1) is 0 Å². The van der Waals surface area contributed by atoms with Gasteiger partial charge in [0.15, 0.2) is 18.1 Å². The zero-order valence-corrected chi connectivity index (χ0v) is 10.5. The van der Waals surface area contributed by atoms with E-state index in [0.29, 0.717) is 11.5 Å². The molecular formula is C13H19N2O3+.